The fraction of sp³-hybridized carbons (Fsp3) is 0.167. The van der Waals surface area contributed by atoms with E-state index in [1.54, 1.807) is 0 Å². The summed E-state index contributed by atoms with van der Waals surface area (Å²) in [5.74, 6) is -3.96. The molecule has 0 N–H and O–H groups in total. The van der Waals surface area contributed by atoms with Gasteiger partial charge in [0.1, 0.15) is 11.5 Å². The Morgan fingerprint density at radius 2 is 1.73 bits per heavy atom. The second-order valence-electron chi connectivity index (χ2n) is 6.67. The summed E-state index contributed by atoms with van der Waals surface area (Å²) in [6.07, 6.45) is -7.97. The Kier molecular flexibility index (Phi) is 5.18. The monoisotopic (exact) mass is 493 g/mol. The van der Waals surface area contributed by atoms with E-state index in [9.17, 15) is 34.9 Å². The lowest BCUT2D eigenvalue weighted by atomic mass is 10.2. The van der Waals surface area contributed by atoms with Crippen molar-refractivity contribution in [1.29, 1.82) is 0 Å². The summed E-state index contributed by atoms with van der Waals surface area (Å²) in [6.45, 7) is 0. The van der Waals surface area contributed by atoms with Gasteiger partial charge in [0.15, 0.2) is 11.5 Å². The number of aromatic nitrogens is 4. The van der Waals surface area contributed by atoms with Gasteiger partial charge in [-0.1, -0.05) is 17.3 Å². The van der Waals surface area contributed by atoms with Crippen LogP contribution < -0.4 is 0 Å². The van der Waals surface area contributed by atoms with Crippen molar-refractivity contribution in [2.75, 3.05) is 6.26 Å². The van der Waals surface area contributed by atoms with E-state index in [2.05, 4.69) is 24.0 Å². The van der Waals surface area contributed by atoms with Gasteiger partial charge in [0.25, 0.3) is 0 Å². The molecule has 15 heteroatoms. The summed E-state index contributed by atoms with van der Waals surface area (Å²) in [7, 11) is -3.69. The maximum absolute atomic E-state index is 14.1. The van der Waals surface area contributed by atoms with Gasteiger partial charge in [-0.3, -0.25) is 4.40 Å². The van der Waals surface area contributed by atoms with Crippen LogP contribution in [0.25, 0.3) is 17.0 Å². The van der Waals surface area contributed by atoms with E-state index in [1.165, 1.54) is 12.1 Å². The number of imidazole rings is 1. The summed E-state index contributed by atoms with van der Waals surface area (Å²) < 4.78 is 115. The average molecular weight is 493 g/mol. The van der Waals surface area contributed by atoms with Gasteiger partial charge < -0.3 is 4.52 Å². The molecule has 0 amide bonds. The quantitative estimate of drug-likeness (QED) is 0.359. The van der Waals surface area contributed by atoms with Crippen molar-refractivity contribution in [2.45, 2.75) is 17.2 Å². The predicted molar refractivity (Wildman–Crippen MR) is 99.3 cm³/mol. The highest BCUT2D eigenvalue weighted by molar-refractivity contribution is 7.93. The molecule has 0 aliphatic heterocycles. The molecule has 0 bridgehead atoms. The molecule has 3 aromatic heterocycles. The summed E-state index contributed by atoms with van der Waals surface area (Å²) in [4.78, 5) is 6.21. The maximum Gasteiger partial charge on any atom is 0.471 e. The maximum atomic E-state index is 14.1. The number of nitrogens with zero attached hydrogens (tertiary/aromatic N) is 5. The van der Waals surface area contributed by atoms with E-state index in [0.29, 0.717) is 0 Å². The van der Waals surface area contributed by atoms with Crippen LogP contribution in [0.4, 0.5) is 36.6 Å². The van der Waals surface area contributed by atoms with Gasteiger partial charge in [-0.15, -0.1) is 0 Å². The molecule has 0 spiro atoms. The lowest BCUT2D eigenvalue weighted by molar-refractivity contribution is -0.159. The molecule has 33 heavy (non-hydrogen) atoms. The molecule has 0 aliphatic carbocycles. The van der Waals surface area contributed by atoms with Crippen LogP contribution in [-0.4, -0.2) is 30.0 Å². The van der Waals surface area contributed by atoms with Gasteiger partial charge in [-0.05, 0) is 24.3 Å². The van der Waals surface area contributed by atoms with Crippen molar-refractivity contribution < 1.29 is 39.5 Å². The SMILES string of the molecule is CS(=O)(=Nc1c(C(F)(F)F)nc2cc(-c3noc(C(F)(F)F)n3)ccn12)c1ccccc1F. The Labute approximate surface area is 180 Å². The van der Waals surface area contributed by atoms with Crippen LogP contribution in [0.2, 0.25) is 0 Å². The number of hydrogen-bond donors (Lipinski definition) is 0. The number of rotatable bonds is 3. The van der Waals surface area contributed by atoms with Crippen molar-refractivity contribution >= 4 is 21.2 Å². The first-order chi connectivity index (χ1) is 15.3. The normalized spacial score (nSPS) is 14.4. The highest BCUT2D eigenvalue weighted by Crippen LogP contribution is 2.38. The second-order valence-corrected chi connectivity index (χ2v) is 8.90. The van der Waals surface area contributed by atoms with Crippen LogP contribution in [0.5, 0.6) is 0 Å². The first kappa shape index (κ1) is 22.7. The van der Waals surface area contributed by atoms with E-state index in [-0.39, 0.29) is 5.56 Å². The van der Waals surface area contributed by atoms with Crippen molar-refractivity contribution in [2.24, 2.45) is 4.36 Å². The summed E-state index contributed by atoms with van der Waals surface area (Å²) in [5, 5.41) is 3.17. The number of hydrogen-bond acceptors (Lipinski definition) is 6. The van der Waals surface area contributed by atoms with Gasteiger partial charge in [0.05, 0.1) is 14.6 Å². The molecule has 1 atom stereocenters. The van der Waals surface area contributed by atoms with Gasteiger partial charge in [0, 0.05) is 18.0 Å². The minimum Gasteiger partial charge on any atom is -0.329 e. The van der Waals surface area contributed by atoms with Crippen molar-refractivity contribution in [1.82, 2.24) is 19.5 Å². The Balaban J connectivity index is 1.91. The zero-order valence-corrected chi connectivity index (χ0v) is 17.0. The topological polar surface area (TPSA) is 85.6 Å². The summed E-state index contributed by atoms with van der Waals surface area (Å²) >= 11 is 0. The van der Waals surface area contributed by atoms with Crippen LogP contribution in [0.15, 0.2) is 56.4 Å². The molecule has 1 unspecified atom stereocenters. The fourth-order valence-electron chi connectivity index (χ4n) is 2.87. The van der Waals surface area contributed by atoms with Gasteiger partial charge in [0.2, 0.25) is 5.82 Å². The molecular formula is C18H10F7N5O2S. The Hall–Kier alpha value is -3.49. The molecule has 1 aromatic carbocycles. The van der Waals surface area contributed by atoms with E-state index >= 15 is 0 Å². The van der Waals surface area contributed by atoms with E-state index in [1.807, 2.05) is 0 Å². The smallest absolute Gasteiger partial charge is 0.329 e. The number of fused-ring (bicyclic) bond motifs is 1. The summed E-state index contributed by atoms with van der Waals surface area (Å²) in [5.41, 5.74) is -2.05. The van der Waals surface area contributed by atoms with Crippen LogP contribution in [0, 0.1) is 5.82 Å². The Morgan fingerprint density at radius 1 is 1.03 bits per heavy atom. The largest absolute Gasteiger partial charge is 0.471 e. The van der Waals surface area contributed by atoms with Crippen LogP contribution in [0.3, 0.4) is 0 Å². The van der Waals surface area contributed by atoms with Crippen LogP contribution >= 0.6 is 0 Å². The second kappa shape index (κ2) is 7.54. The molecular weight excluding hydrogens is 483 g/mol. The lowest BCUT2D eigenvalue weighted by Crippen LogP contribution is -2.07. The minimum atomic E-state index is -5.04. The molecule has 4 aromatic rings. The highest BCUT2D eigenvalue weighted by atomic mass is 32.2. The number of halogens is 7. The standard InChI is InChI=1S/C18H10F7N5O2S/c1-33(31,11-5-3-2-4-10(11)19)29-15-13(17(20,21)22)26-12-8-9(6-7-30(12)15)14-27-16(32-28-14)18(23,24)25/h2-8H,1H3. The summed E-state index contributed by atoms with van der Waals surface area (Å²) in [6, 6.07) is 6.85. The molecule has 0 saturated heterocycles. The zero-order valence-electron chi connectivity index (χ0n) is 16.1. The van der Waals surface area contributed by atoms with Gasteiger partial charge >= 0.3 is 18.2 Å². The van der Waals surface area contributed by atoms with Crippen molar-refractivity contribution in [3.63, 3.8) is 0 Å². The van der Waals surface area contributed by atoms with Crippen molar-refractivity contribution in [3.05, 3.63) is 60.0 Å². The molecule has 0 aliphatic rings. The fourth-order valence-corrected chi connectivity index (χ4v) is 4.23. The third-order valence-electron chi connectivity index (χ3n) is 4.30. The molecule has 3 heterocycles. The predicted octanol–water partition coefficient (Wildman–Crippen LogP) is 5.35. The van der Waals surface area contributed by atoms with Crippen LogP contribution in [0.1, 0.15) is 11.6 Å². The first-order valence-corrected chi connectivity index (χ1v) is 10.7. The number of alkyl halides is 6. The average Bonchev–Trinajstić information content (AvgIpc) is 3.33. The highest BCUT2D eigenvalue weighted by Gasteiger charge is 2.40. The first-order valence-electron chi connectivity index (χ1n) is 8.74. The number of pyridine rings is 1. The molecule has 0 fully saturated rings. The molecule has 7 nitrogen and oxygen atoms in total. The lowest BCUT2D eigenvalue weighted by Gasteiger charge is -2.08. The molecule has 0 saturated carbocycles. The molecule has 174 valence electrons. The number of benzene rings is 1. The van der Waals surface area contributed by atoms with Crippen LogP contribution in [-0.2, 0) is 22.1 Å². The molecule has 4 rings (SSSR count). The third kappa shape index (κ3) is 4.27. The zero-order chi connectivity index (χ0) is 24.2. The van der Waals surface area contributed by atoms with Crippen molar-refractivity contribution in [3.8, 4) is 11.4 Å². The van der Waals surface area contributed by atoms with E-state index < -0.39 is 61.7 Å². The van der Waals surface area contributed by atoms with E-state index in [0.717, 1.165) is 41.1 Å². The van der Waals surface area contributed by atoms with Gasteiger partial charge in [-0.2, -0.15) is 35.7 Å². The van der Waals surface area contributed by atoms with E-state index in [4.69, 9.17) is 0 Å². The third-order valence-corrected chi connectivity index (χ3v) is 5.97. The Bertz CT molecular complexity index is 1480. The molecule has 0 radical (unpaired) electrons. The van der Waals surface area contributed by atoms with Gasteiger partial charge in [-0.25, -0.2) is 13.6 Å². The Morgan fingerprint density at radius 3 is 2.33 bits per heavy atom. The minimum absolute atomic E-state index is 0.127.